The molecule has 2 aromatic carbocycles. The number of benzene rings is 2. The summed E-state index contributed by atoms with van der Waals surface area (Å²) in [6, 6.07) is 13.1. The van der Waals surface area contributed by atoms with Crippen molar-refractivity contribution in [2.45, 2.75) is 20.3 Å². The zero-order chi connectivity index (χ0) is 19.4. The third-order valence-electron chi connectivity index (χ3n) is 5.00. The van der Waals surface area contributed by atoms with Gasteiger partial charge in [0.25, 0.3) is 11.8 Å². The van der Waals surface area contributed by atoms with Crippen LogP contribution in [0.5, 0.6) is 5.75 Å². The fraction of sp³-hybridized carbons (Fsp3) is 0.364. The minimum absolute atomic E-state index is 0.0188. The Morgan fingerprint density at radius 1 is 0.889 bits per heavy atom. The average Bonchev–Trinajstić information content (AvgIpc) is 2.93. The van der Waals surface area contributed by atoms with Crippen molar-refractivity contribution in [2.24, 2.45) is 0 Å². The summed E-state index contributed by atoms with van der Waals surface area (Å²) in [5, 5.41) is 0. The molecule has 1 heterocycles. The third-order valence-corrected chi connectivity index (χ3v) is 5.00. The molecular formula is C22H26N2O3. The molecule has 27 heavy (non-hydrogen) atoms. The average molecular weight is 366 g/mol. The van der Waals surface area contributed by atoms with E-state index in [0.717, 1.165) is 23.1 Å². The predicted molar refractivity (Wildman–Crippen MR) is 105 cm³/mol. The number of nitrogens with zero attached hydrogens (tertiary/aromatic N) is 2. The van der Waals surface area contributed by atoms with Crippen LogP contribution in [0.3, 0.4) is 0 Å². The highest BCUT2D eigenvalue weighted by atomic mass is 16.5. The van der Waals surface area contributed by atoms with Crippen molar-refractivity contribution in [3.05, 3.63) is 64.7 Å². The predicted octanol–water partition coefficient (Wildman–Crippen LogP) is 3.30. The van der Waals surface area contributed by atoms with Crippen molar-refractivity contribution < 1.29 is 14.3 Å². The van der Waals surface area contributed by atoms with Crippen LogP contribution < -0.4 is 4.74 Å². The van der Waals surface area contributed by atoms with Crippen LogP contribution in [0, 0.1) is 13.8 Å². The molecule has 0 atom stereocenters. The molecule has 0 N–H and O–H groups in total. The Hall–Kier alpha value is -2.82. The van der Waals surface area contributed by atoms with Gasteiger partial charge in [-0.15, -0.1) is 0 Å². The maximum absolute atomic E-state index is 12.9. The number of carbonyl (C=O) groups excluding carboxylic acids is 2. The molecular weight excluding hydrogens is 340 g/mol. The molecule has 2 amide bonds. The maximum Gasteiger partial charge on any atom is 0.254 e. The summed E-state index contributed by atoms with van der Waals surface area (Å²) in [7, 11) is 1.59. The fourth-order valence-corrected chi connectivity index (χ4v) is 3.49. The summed E-state index contributed by atoms with van der Waals surface area (Å²) in [5.41, 5.74) is 3.50. The molecule has 1 aliphatic rings. The van der Waals surface area contributed by atoms with E-state index in [1.54, 1.807) is 19.2 Å². The van der Waals surface area contributed by atoms with E-state index >= 15 is 0 Å². The SMILES string of the molecule is COc1cccc(C(=O)N2CCCN(C(=O)c3ccc(C)cc3C)CC2)c1. The number of hydrogen-bond donors (Lipinski definition) is 0. The van der Waals surface area contributed by atoms with Crippen molar-refractivity contribution in [3.8, 4) is 5.75 Å². The van der Waals surface area contributed by atoms with E-state index in [9.17, 15) is 9.59 Å². The first-order valence-corrected chi connectivity index (χ1v) is 9.29. The normalized spacial score (nSPS) is 14.6. The van der Waals surface area contributed by atoms with E-state index in [1.807, 2.05) is 54.0 Å². The van der Waals surface area contributed by atoms with Gasteiger partial charge in [0.1, 0.15) is 5.75 Å². The summed E-state index contributed by atoms with van der Waals surface area (Å²) in [6.45, 7) is 6.38. The first-order chi connectivity index (χ1) is 13.0. The van der Waals surface area contributed by atoms with Gasteiger partial charge >= 0.3 is 0 Å². The van der Waals surface area contributed by atoms with E-state index < -0.39 is 0 Å². The van der Waals surface area contributed by atoms with Crippen LogP contribution in [-0.4, -0.2) is 54.9 Å². The second-order valence-electron chi connectivity index (χ2n) is 6.99. The van der Waals surface area contributed by atoms with Crippen LogP contribution in [-0.2, 0) is 0 Å². The second kappa shape index (κ2) is 8.25. The highest BCUT2D eigenvalue weighted by molar-refractivity contribution is 5.96. The topological polar surface area (TPSA) is 49.9 Å². The maximum atomic E-state index is 12.9. The summed E-state index contributed by atoms with van der Waals surface area (Å²) in [6.07, 6.45) is 0.770. The van der Waals surface area contributed by atoms with E-state index in [4.69, 9.17) is 4.74 Å². The van der Waals surface area contributed by atoms with E-state index in [0.29, 0.717) is 37.5 Å². The monoisotopic (exact) mass is 366 g/mol. The summed E-state index contributed by atoms with van der Waals surface area (Å²) < 4.78 is 5.21. The minimum atomic E-state index is -0.0188. The molecule has 0 radical (unpaired) electrons. The third kappa shape index (κ3) is 4.30. The molecule has 5 nitrogen and oxygen atoms in total. The van der Waals surface area contributed by atoms with Gasteiger partial charge < -0.3 is 14.5 Å². The lowest BCUT2D eigenvalue weighted by Crippen LogP contribution is -2.37. The van der Waals surface area contributed by atoms with Crippen LogP contribution in [0.4, 0.5) is 0 Å². The van der Waals surface area contributed by atoms with E-state index in [-0.39, 0.29) is 11.8 Å². The molecule has 2 aromatic rings. The lowest BCUT2D eigenvalue weighted by molar-refractivity contribution is 0.0718. The summed E-state index contributed by atoms with van der Waals surface area (Å²) >= 11 is 0. The number of carbonyl (C=O) groups is 2. The smallest absolute Gasteiger partial charge is 0.254 e. The van der Waals surface area contributed by atoms with Gasteiger partial charge in [0.05, 0.1) is 7.11 Å². The van der Waals surface area contributed by atoms with E-state index in [1.165, 1.54) is 0 Å². The number of rotatable bonds is 3. The molecule has 142 valence electrons. The molecule has 5 heteroatoms. The second-order valence-corrected chi connectivity index (χ2v) is 6.99. The lowest BCUT2D eigenvalue weighted by atomic mass is 10.0. The molecule has 1 saturated heterocycles. The van der Waals surface area contributed by atoms with Crippen molar-refractivity contribution in [2.75, 3.05) is 33.3 Å². The zero-order valence-electron chi connectivity index (χ0n) is 16.2. The zero-order valence-corrected chi connectivity index (χ0v) is 16.2. The molecule has 1 fully saturated rings. The van der Waals surface area contributed by atoms with Gasteiger partial charge in [-0.25, -0.2) is 0 Å². The molecule has 0 saturated carbocycles. The molecule has 0 spiro atoms. The highest BCUT2D eigenvalue weighted by Crippen LogP contribution is 2.18. The largest absolute Gasteiger partial charge is 0.497 e. The van der Waals surface area contributed by atoms with Crippen LogP contribution in [0.15, 0.2) is 42.5 Å². The Balaban J connectivity index is 1.69. The molecule has 0 aliphatic carbocycles. The Morgan fingerprint density at radius 2 is 1.59 bits per heavy atom. The van der Waals surface area contributed by atoms with Crippen LogP contribution in [0.2, 0.25) is 0 Å². The number of methoxy groups -OCH3 is 1. The first-order valence-electron chi connectivity index (χ1n) is 9.29. The van der Waals surface area contributed by atoms with Crippen molar-refractivity contribution in [1.29, 1.82) is 0 Å². The standard InChI is InChI=1S/C22H26N2O3/c1-16-8-9-20(17(2)14-16)22(26)24-11-5-10-23(12-13-24)21(25)18-6-4-7-19(15-18)27-3/h4,6-9,14-15H,5,10-13H2,1-3H3. The minimum Gasteiger partial charge on any atom is -0.497 e. The Labute approximate surface area is 160 Å². The first kappa shape index (κ1) is 19.0. The van der Waals surface area contributed by atoms with Gasteiger partial charge in [0.2, 0.25) is 0 Å². The Morgan fingerprint density at radius 3 is 2.26 bits per heavy atom. The van der Waals surface area contributed by atoms with Gasteiger partial charge in [0.15, 0.2) is 0 Å². The lowest BCUT2D eigenvalue weighted by Gasteiger charge is -2.23. The van der Waals surface area contributed by atoms with Crippen molar-refractivity contribution in [1.82, 2.24) is 9.80 Å². The summed E-state index contributed by atoms with van der Waals surface area (Å²) in [4.78, 5) is 29.4. The Bertz CT molecular complexity index is 847. The van der Waals surface area contributed by atoms with Gasteiger partial charge in [0, 0.05) is 37.3 Å². The number of hydrogen-bond acceptors (Lipinski definition) is 3. The quantitative estimate of drug-likeness (QED) is 0.837. The van der Waals surface area contributed by atoms with Crippen molar-refractivity contribution in [3.63, 3.8) is 0 Å². The number of aryl methyl sites for hydroxylation is 2. The van der Waals surface area contributed by atoms with Crippen LogP contribution in [0.1, 0.15) is 38.3 Å². The van der Waals surface area contributed by atoms with E-state index in [2.05, 4.69) is 0 Å². The van der Waals surface area contributed by atoms with Crippen molar-refractivity contribution >= 4 is 11.8 Å². The van der Waals surface area contributed by atoms with Gasteiger partial charge in [-0.05, 0) is 50.1 Å². The fourth-order valence-electron chi connectivity index (χ4n) is 3.49. The van der Waals surface area contributed by atoms with Gasteiger partial charge in [-0.2, -0.15) is 0 Å². The van der Waals surface area contributed by atoms with Crippen LogP contribution in [0.25, 0.3) is 0 Å². The number of amides is 2. The molecule has 3 rings (SSSR count). The molecule has 0 aromatic heterocycles. The number of ether oxygens (including phenoxy) is 1. The molecule has 0 unspecified atom stereocenters. The highest BCUT2D eigenvalue weighted by Gasteiger charge is 2.24. The van der Waals surface area contributed by atoms with Crippen LogP contribution >= 0.6 is 0 Å². The molecule has 1 aliphatic heterocycles. The molecule has 0 bridgehead atoms. The van der Waals surface area contributed by atoms with Gasteiger partial charge in [-0.1, -0.05) is 23.8 Å². The van der Waals surface area contributed by atoms with Gasteiger partial charge in [-0.3, -0.25) is 9.59 Å². The Kier molecular flexibility index (Phi) is 5.79. The summed E-state index contributed by atoms with van der Waals surface area (Å²) in [5.74, 6) is 0.695.